The number of nitrogens with two attached hydrogens (primary N) is 1. The van der Waals surface area contributed by atoms with E-state index < -0.39 is 0 Å². The summed E-state index contributed by atoms with van der Waals surface area (Å²) >= 11 is 0. The monoisotopic (exact) mass is 276 g/mol. The number of pyridine rings is 1. The normalized spacial score (nSPS) is 9.95. The standard InChI is InChI=1S/C14H16N2O4/c1-17-11-7-9(8-12(18-2)13(11)19-3)20-14-10(15)5-4-6-16-14/h4-8H,15H2,1-3H3. The zero-order valence-electron chi connectivity index (χ0n) is 11.5. The molecule has 0 radical (unpaired) electrons. The van der Waals surface area contributed by atoms with Crippen LogP contribution in [0.15, 0.2) is 30.5 Å². The first-order valence-electron chi connectivity index (χ1n) is 5.88. The van der Waals surface area contributed by atoms with Crippen molar-refractivity contribution in [2.75, 3.05) is 27.1 Å². The van der Waals surface area contributed by atoms with Gasteiger partial charge in [-0.3, -0.25) is 0 Å². The fourth-order valence-corrected chi connectivity index (χ4v) is 1.72. The average Bonchev–Trinajstić information content (AvgIpc) is 2.48. The molecule has 2 aromatic rings. The van der Waals surface area contributed by atoms with Crippen molar-refractivity contribution in [3.63, 3.8) is 0 Å². The first-order chi connectivity index (χ1) is 9.69. The first-order valence-corrected chi connectivity index (χ1v) is 5.88. The molecule has 1 aromatic heterocycles. The van der Waals surface area contributed by atoms with E-state index in [2.05, 4.69) is 4.98 Å². The fraction of sp³-hybridized carbons (Fsp3) is 0.214. The van der Waals surface area contributed by atoms with E-state index >= 15 is 0 Å². The third-order valence-electron chi connectivity index (χ3n) is 2.65. The van der Waals surface area contributed by atoms with Gasteiger partial charge in [0, 0.05) is 18.3 Å². The minimum absolute atomic E-state index is 0.321. The molecule has 0 unspecified atom stereocenters. The lowest BCUT2D eigenvalue weighted by molar-refractivity contribution is 0.320. The van der Waals surface area contributed by atoms with Gasteiger partial charge in [-0.1, -0.05) is 0 Å². The van der Waals surface area contributed by atoms with Crippen molar-refractivity contribution in [2.45, 2.75) is 0 Å². The quantitative estimate of drug-likeness (QED) is 0.904. The molecular formula is C14H16N2O4. The maximum absolute atomic E-state index is 5.79. The Morgan fingerprint density at radius 1 is 1.00 bits per heavy atom. The number of benzene rings is 1. The summed E-state index contributed by atoms with van der Waals surface area (Å²) in [7, 11) is 4.62. The van der Waals surface area contributed by atoms with Gasteiger partial charge in [-0.2, -0.15) is 0 Å². The molecule has 0 saturated carbocycles. The highest BCUT2D eigenvalue weighted by molar-refractivity contribution is 5.57. The summed E-state index contributed by atoms with van der Waals surface area (Å²) in [6.07, 6.45) is 1.60. The van der Waals surface area contributed by atoms with Crippen LogP contribution in [0.4, 0.5) is 5.69 Å². The van der Waals surface area contributed by atoms with Crippen LogP contribution in [0.5, 0.6) is 28.9 Å². The number of anilines is 1. The molecule has 0 saturated heterocycles. The summed E-state index contributed by atoms with van der Waals surface area (Å²) in [4.78, 5) is 4.07. The molecule has 0 bridgehead atoms. The van der Waals surface area contributed by atoms with Crippen LogP contribution in [0.1, 0.15) is 0 Å². The minimum atomic E-state index is 0.321. The molecule has 0 amide bonds. The number of rotatable bonds is 5. The molecule has 20 heavy (non-hydrogen) atoms. The second-order valence-electron chi connectivity index (χ2n) is 3.86. The molecule has 0 aliphatic heterocycles. The van der Waals surface area contributed by atoms with Gasteiger partial charge in [-0.25, -0.2) is 4.98 Å². The smallest absolute Gasteiger partial charge is 0.242 e. The van der Waals surface area contributed by atoms with Crippen LogP contribution in [0.3, 0.4) is 0 Å². The predicted octanol–water partition coefficient (Wildman–Crippen LogP) is 2.48. The van der Waals surface area contributed by atoms with Crippen LogP contribution >= 0.6 is 0 Å². The number of nitrogens with zero attached hydrogens (tertiary/aromatic N) is 1. The Hall–Kier alpha value is -2.63. The zero-order valence-corrected chi connectivity index (χ0v) is 11.5. The maximum atomic E-state index is 5.79. The van der Waals surface area contributed by atoms with Crippen molar-refractivity contribution in [3.05, 3.63) is 30.5 Å². The van der Waals surface area contributed by atoms with Crippen molar-refractivity contribution in [3.8, 4) is 28.9 Å². The Kier molecular flexibility index (Phi) is 4.14. The largest absolute Gasteiger partial charge is 0.493 e. The second-order valence-corrected chi connectivity index (χ2v) is 3.86. The molecule has 0 aliphatic carbocycles. The number of nitrogen functional groups attached to an aromatic ring is 1. The average molecular weight is 276 g/mol. The van der Waals surface area contributed by atoms with Crippen molar-refractivity contribution in [1.29, 1.82) is 0 Å². The third kappa shape index (κ3) is 2.69. The molecule has 0 aliphatic rings. The maximum Gasteiger partial charge on any atom is 0.242 e. The van der Waals surface area contributed by atoms with E-state index in [1.165, 1.54) is 21.3 Å². The van der Waals surface area contributed by atoms with E-state index in [-0.39, 0.29) is 0 Å². The topological polar surface area (TPSA) is 75.8 Å². The summed E-state index contributed by atoms with van der Waals surface area (Å²) in [6, 6.07) is 6.79. The molecule has 0 spiro atoms. The highest BCUT2D eigenvalue weighted by Crippen LogP contribution is 2.42. The van der Waals surface area contributed by atoms with Crippen LogP contribution in [0, 0.1) is 0 Å². The summed E-state index contributed by atoms with van der Waals surface area (Å²) in [5, 5.41) is 0. The Labute approximate surface area is 117 Å². The summed E-state index contributed by atoms with van der Waals surface area (Å²) < 4.78 is 21.4. The Balaban J connectivity index is 2.40. The Bertz CT molecular complexity index is 576. The van der Waals surface area contributed by atoms with Crippen molar-refractivity contribution < 1.29 is 18.9 Å². The van der Waals surface area contributed by atoms with Gasteiger partial charge < -0.3 is 24.7 Å². The molecule has 0 fully saturated rings. The number of aromatic nitrogens is 1. The Morgan fingerprint density at radius 2 is 1.65 bits per heavy atom. The summed E-state index contributed by atoms with van der Waals surface area (Å²) in [5.74, 6) is 2.30. The summed E-state index contributed by atoms with van der Waals surface area (Å²) in [5.41, 5.74) is 6.24. The SMILES string of the molecule is COc1cc(Oc2ncccc2N)cc(OC)c1OC. The van der Waals surface area contributed by atoms with E-state index in [1.54, 1.807) is 30.5 Å². The highest BCUT2D eigenvalue weighted by Gasteiger charge is 2.15. The third-order valence-corrected chi connectivity index (χ3v) is 2.65. The lowest BCUT2D eigenvalue weighted by Crippen LogP contribution is -1.98. The van der Waals surface area contributed by atoms with Crippen LogP contribution < -0.4 is 24.7 Å². The molecule has 2 rings (SSSR count). The molecule has 0 atom stereocenters. The van der Waals surface area contributed by atoms with Gasteiger partial charge in [-0.15, -0.1) is 0 Å². The molecule has 6 heteroatoms. The van der Waals surface area contributed by atoms with Gasteiger partial charge in [0.25, 0.3) is 0 Å². The van der Waals surface area contributed by atoms with Gasteiger partial charge >= 0.3 is 0 Å². The first kappa shape index (κ1) is 13.8. The lowest BCUT2D eigenvalue weighted by atomic mass is 10.2. The van der Waals surface area contributed by atoms with Gasteiger partial charge in [0.05, 0.1) is 27.0 Å². The Morgan fingerprint density at radius 3 is 2.15 bits per heavy atom. The van der Waals surface area contributed by atoms with E-state index in [0.717, 1.165) is 0 Å². The molecular weight excluding hydrogens is 260 g/mol. The predicted molar refractivity (Wildman–Crippen MR) is 74.8 cm³/mol. The number of ether oxygens (including phenoxy) is 4. The molecule has 1 aromatic carbocycles. The van der Waals surface area contributed by atoms with E-state index in [1.807, 2.05) is 0 Å². The zero-order chi connectivity index (χ0) is 14.5. The van der Waals surface area contributed by atoms with Crippen molar-refractivity contribution >= 4 is 5.69 Å². The lowest BCUT2D eigenvalue weighted by Gasteiger charge is -2.14. The fourth-order valence-electron chi connectivity index (χ4n) is 1.72. The number of hydrogen-bond acceptors (Lipinski definition) is 6. The molecule has 2 N–H and O–H groups in total. The van der Waals surface area contributed by atoms with Gasteiger partial charge in [-0.05, 0) is 12.1 Å². The minimum Gasteiger partial charge on any atom is -0.493 e. The number of methoxy groups -OCH3 is 3. The van der Waals surface area contributed by atoms with E-state index in [0.29, 0.717) is 34.6 Å². The van der Waals surface area contributed by atoms with Crippen molar-refractivity contribution in [1.82, 2.24) is 4.98 Å². The molecule has 6 nitrogen and oxygen atoms in total. The molecule has 106 valence electrons. The van der Waals surface area contributed by atoms with E-state index in [4.69, 9.17) is 24.7 Å². The second kappa shape index (κ2) is 6.01. The highest BCUT2D eigenvalue weighted by atomic mass is 16.5. The van der Waals surface area contributed by atoms with Crippen LogP contribution in [0.2, 0.25) is 0 Å². The van der Waals surface area contributed by atoms with Crippen LogP contribution in [0.25, 0.3) is 0 Å². The van der Waals surface area contributed by atoms with E-state index in [9.17, 15) is 0 Å². The van der Waals surface area contributed by atoms with Crippen LogP contribution in [-0.4, -0.2) is 26.3 Å². The summed E-state index contributed by atoms with van der Waals surface area (Å²) in [6.45, 7) is 0. The number of hydrogen-bond donors (Lipinski definition) is 1. The van der Waals surface area contributed by atoms with Gasteiger partial charge in [0.15, 0.2) is 11.5 Å². The van der Waals surface area contributed by atoms with Crippen molar-refractivity contribution in [2.24, 2.45) is 0 Å². The van der Waals surface area contributed by atoms with Gasteiger partial charge in [0.1, 0.15) is 5.75 Å². The van der Waals surface area contributed by atoms with Crippen LogP contribution in [-0.2, 0) is 0 Å². The molecule has 1 heterocycles. The van der Waals surface area contributed by atoms with Gasteiger partial charge in [0.2, 0.25) is 11.6 Å².